The fourth-order valence-corrected chi connectivity index (χ4v) is 3.19. The summed E-state index contributed by atoms with van der Waals surface area (Å²) in [7, 11) is 0. The Morgan fingerprint density at radius 1 is 1.12 bits per heavy atom. The molecule has 0 atom stereocenters. The van der Waals surface area contributed by atoms with Crippen LogP contribution in [0.1, 0.15) is 31.8 Å². The number of thioether (sulfide) groups is 1. The molecule has 2 aromatic carbocycles. The minimum Gasteiger partial charge on any atom is -0.478 e. The Hall–Kier alpha value is -3.00. The molecule has 0 amide bonds. The number of rotatable bonds is 6. The fraction of sp³-hybridized carbons (Fsp3) is 0.167. The Balaban J connectivity index is 1.76. The van der Waals surface area contributed by atoms with E-state index in [9.17, 15) is 9.59 Å². The van der Waals surface area contributed by atoms with Crippen LogP contribution in [0.3, 0.4) is 0 Å². The standard InChI is InChI=1S/C18H16N4O3S/c1-11-3-4-12(2)15(9-11)16(23)10-26-18-19-20-21-22(18)14-7-5-13(6-8-14)17(24)25/h3-9H,10H2,1-2H3,(H,24,25). The van der Waals surface area contributed by atoms with Crippen LogP contribution in [0.2, 0.25) is 0 Å². The number of carboxylic acid groups (broad SMARTS) is 1. The number of tetrazole rings is 1. The monoisotopic (exact) mass is 368 g/mol. The second-order valence-electron chi connectivity index (χ2n) is 5.76. The van der Waals surface area contributed by atoms with Gasteiger partial charge in [-0.15, -0.1) is 5.10 Å². The summed E-state index contributed by atoms with van der Waals surface area (Å²) in [4.78, 5) is 23.5. The zero-order valence-electron chi connectivity index (χ0n) is 14.2. The van der Waals surface area contributed by atoms with Gasteiger partial charge < -0.3 is 5.11 Å². The molecule has 132 valence electrons. The Kier molecular flexibility index (Phi) is 5.13. The van der Waals surface area contributed by atoms with Crippen molar-refractivity contribution in [2.24, 2.45) is 0 Å². The van der Waals surface area contributed by atoms with Gasteiger partial charge in [0.1, 0.15) is 0 Å². The van der Waals surface area contributed by atoms with Crippen molar-refractivity contribution in [3.05, 3.63) is 64.7 Å². The number of hydrogen-bond acceptors (Lipinski definition) is 6. The SMILES string of the molecule is Cc1ccc(C)c(C(=O)CSc2nnnn2-c2ccc(C(=O)O)cc2)c1. The van der Waals surface area contributed by atoms with Crippen molar-refractivity contribution >= 4 is 23.5 Å². The maximum atomic E-state index is 12.5. The maximum absolute atomic E-state index is 12.5. The molecule has 1 N–H and O–H groups in total. The van der Waals surface area contributed by atoms with E-state index in [0.717, 1.165) is 11.1 Å². The van der Waals surface area contributed by atoms with Crippen LogP contribution >= 0.6 is 11.8 Å². The van der Waals surface area contributed by atoms with E-state index in [1.807, 2.05) is 32.0 Å². The molecule has 1 aromatic heterocycles. The molecule has 26 heavy (non-hydrogen) atoms. The Bertz CT molecular complexity index is 967. The van der Waals surface area contributed by atoms with Crippen LogP contribution in [0.4, 0.5) is 0 Å². The molecule has 0 aliphatic rings. The first-order chi connectivity index (χ1) is 12.5. The molecule has 0 fully saturated rings. The van der Waals surface area contributed by atoms with E-state index in [1.165, 1.54) is 28.6 Å². The highest BCUT2D eigenvalue weighted by atomic mass is 32.2. The number of carbonyl (C=O) groups is 2. The number of aromatic nitrogens is 4. The number of aromatic carboxylic acids is 1. The molecule has 7 nitrogen and oxygen atoms in total. The van der Waals surface area contributed by atoms with E-state index in [4.69, 9.17) is 5.11 Å². The van der Waals surface area contributed by atoms with Crippen molar-refractivity contribution in [1.82, 2.24) is 20.2 Å². The summed E-state index contributed by atoms with van der Waals surface area (Å²) in [5.41, 5.74) is 3.47. The molecule has 0 unspecified atom stereocenters. The number of nitrogens with zero attached hydrogens (tertiary/aromatic N) is 4. The van der Waals surface area contributed by atoms with Gasteiger partial charge in [0, 0.05) is 5.56 Å². The lowest BCUT2D eigenvalue weighted by Gasteiger charge is -2.07. The van der Waals surface area contributed by atoms with Gasteiger partial charge in [-0.25, -0.2) is 4.79 Å². The largest absolute Gasteiger partial charge is 0.478 e. The van der Waals surface area contributed by atoms with Gasteiger partial charge in [-0.3, -0.25) is 4.79 Å². The van der Waals surface area contributed by atoms with Gasteiger partial charge in [0.2, 0.25) is 5.16 Å². The molecule has 0 saturated carbocycles. The molecule has 3 rings (SSSR count). The number of aryl methyl sites for hydroxylation is 2. The van der Waals surface area contributed by atoms with Crippen molar-refractivity contribution in [3.8, 4) is 5.69 Å². The number of hydrogen-bond donors (Lipinski definition) is 1. The first kappa shape index (κ1) is 17.8. The summed E-state index contributed by atoms with van der Waals surface area (Å²) >= 11 is 1.24. The highest BCUT2D eigenvalue weighted by molar-refractivity contribution is 7.99. The lowest BCUT2D eigenvalue weighted by molar-refractivity contribution is 0.0696. The van der Waals surface area contributed by atoms with Gasteiger partial charge in [-0.2, -0.15) is 4.68 Å². The van der Waals surface area contributed by atoms with Crippen LogP contribution in [0.15, 0.2) is 47.6 Å². The van der Waals surface area contributed by atoms with Gasteiger partial charge in [-0.05, 0) is 60.2 Å². The highest BCUT2D eigenvalue weighted by Crippen LogP contribution is 2.21. The van der Waals surface area contributed by atoms with Gasteiger partial charge in [0.05, 0.1) is 17.0 Å². The predicted molar refractivity (Wildman–Crippen MR) is 97.1 cm³/mol. The quantitative estimate of drug-likeness (QED) is 0.527. The summed E-state index contributed by atoms with van der Waals surface area (Å²) in [5.74, 6) is -0.785. The van der Waals surface area contributed by atoms with E-state index in [2.05, 4.69) is 15.5 Å². The van der Waals surface area contributed by atoms with Gasteiger partial charge in [0.15, 0.2) is 5.78 Å². The summed E-state index contributed by atoms with van der Waals surface area (Å²) in [6.45, 7) is 3.86. The van der Waals surface area contributed by atoms with Crippen molar-refractivity contribution in [3.63, 3.8) is 0 Å². The molecule has 8 heteroatoms. The predicted octanol–water partition coefficient (Wildman–Crippen LogP) is 2.95. The third-order valence-electron chi connectivity index (χ3n) is 3.83. The molecule has 0 bridgehead atoms. The van der Waals surface area contributed by atoms with E-state index in [1.54, 1.807) is 12.1 Å². The average Bonchev–Trinajstić information content (AvgIpc) is 3.10. The van der Waals surface area contributed by atoms with Crippen LogP contribution in [-0.2, 0) is 0 Å². The lowest BCUT2D eigenvalue weighted by atomic mass is 10.0. The topological polar surface area (TPSA) is 98.0 Å². The van der Waals surface area contributed by atoms with E-state index >= 15 is 0 Å². The molecule has 3 aromatic rings. The smallest absolute Gasteiger partial charge is 0.335 e. The van der Waals surface area contributed by atoms with Crippen LogP contribution in [0.25, 0.3) is 5.69 Å². The molecule has 0 spiro atoms. The molecular weight excluding hydrogens is 352 g/mol. The number of ketones is 1. The fourth-order valence-electron chi connectivity index (χ4n) is 2.42. The Morgan fingerprint density at radius 3 is 2.54 bits per heavy atom. The van der Waals surface area contributed by atoms with Gasteiger partial charge in [-0.1, -0.05) is 29.5 Å². The maximum Gasteiger partial charge on any atom is 0.335 e. The van der Waals surface area contributed by atoms with E-state index in [-0.39, 0.29) is 17.1 Å². The second-order valence-corrected chi connectivity index (χ2v) is 6.70. The minimum atomic E-state index is -0.998. The third kappa shape index (κ3) is 3.80. The zero-order chi connectivity index (χ0) is 18.7. The number of carbonyl (C=O) groups excluding carboxylic acids is 1. The van der Waals surface area contributed by atoms with Crippen LogP contribution in [0.5, 0.6) is 0 Å². The number of benzene rings is 2. The van der Waals surface area contributed by atoms with Crippen LogP contribution in [-0.4, -0.2) is 42.8 Å². The molecule has 0 radical (unpaired) electrons. The summed E-state index contributed by atoms with van der Waals surface area (Å²) < 4.78 is 1.48. The summed E-state index contributed by atoms with van der Waals surface area (Å²) in [5, 5.41) is 21.0. The molecule has 0 saturated heterocycles. The first-order valence-electron chi connectivity index (χ1n) is 7.81. The summed E-state index contributed by atoms with van der Waals surface area (Å²) in [6.07, 6.45) is 0. The van der Waals surface area contributed by atoms with Gasteiger partial charge >= 0.3 is 5.97 Å². The van der Waals surface area contributed by atoms with Crippen molar-refractivity contribution < 1.29 is 14.7 Å². The van der Waals surface area contributed by atoms with Crippen molar-refractivity contribution in [1.29, 1.82) is 0 Å². The average molecular weight is 368 g/mol. The van der Waals surface area contributed by atoms with Crippen LogP contribution in [0, 0.1) is 13.8 Å². The first-order valence-corrected chi connectivity index (χ1v) is 8.79. The zero-order valence-corrected chi connectivity index (χ0v) is 15.0. The van der Waals surface area contributed by atoms with E-state index in [0.29, 0.717) is 16.4 Å². The normalized spacial score (nSPS) is 10.7. The van der Waals surface area contributed by atoms with E-state index < -0.39 is 5.97 Å². The Labute approximate surface area is 154 Å². The lowest BCUT2D eigenvalue weighted by Crippen LogP contribution is -2.07. The highest BCUT2D eigenvalue weighted by Gasteiger charge is 2.15. The number of Topliss-reactive ketones (excluding diaryl/α,β-unsaturated/α-hetero) is 1. The third-order valence-corrected chi connectivity index (χ3v) is 4.74. The molecule has 0 aliphatic carbocycles. The second kappa shape index (κ2) is 7.49. The van der Waals surface area contributed by atoms with Gasteiger partial charge in [0.25, 0.3) is 0 Å². The summed E-state index contributed by atoms with van der Waals surface area (Å²) in [6, 6.07) is 12.0. The van der Waals surface area contributed by atoms with Crippen molar-refractivity contribution in [2.45, 2.75) is 19.0 Å². The van der Waals surface area contributed by atoms with Crippen molar-refractivity contribution in [2.75, 3.05) is 5.75 Å². The minimum absolute atomic E-state index is 0.00646. The number of carboxylic acids is 1. The van der Waals surface area contributed by atoms with Crippen LogP contribution < -0.4 is 0 Å². The Morgan fingerprint density at radius 2 is 1.85 bits per heavy atom. The molecule has 1 heterocycles. The molecular formula is C18H16N4O3S. The molecule has 0 aliphatic heterocycles.